The van der Waals surface area contributed by atoms with Gasteiger partial charge in [0.1, 0.15) is 0 Å². The van der Waals surface area contributed by atoms with Crippen molar-refractivity contribution in [3.8, 4) is 11.5 Å². The molecular weight excluding hydrogens is 228 g/mol. The molecule has 0 bridgehead atoms. The first kappa shape index (κ1) is 11.8. The third-order valence-electron chi connectivity index (χ3n) is 4.17. The lowest BCUT2D eigenvalue weighted by Gasteiger charge is -2.24. The smallest absolute Gasteiger partial charge is 0.231 e. The molecular formula is C14H20N2O2. The molecule has 0 radical (unpaired) electrons. The van der Waals surface area contributed by atoms with Crippen LogP contribution in [-0.4, -0.2) is 30.8 Å². The quantitative estimate of drug-likeness (QED) is 0.882. The molecule has 2 unspecified atom stereocenters. The van der Waals surface area contributed by atoms with E-state index in [1.165, 1.54) is 12.0 Å². The maximum Gasteiger partial charge on any atom is 0.231 e. The second kappa shape index (κ2) is 4.78. The fourth-order valence-corrected chi connectivity index (χ4v) is 2.89. The molecule has 0 aliphatic carbocycles. The molecule has 2 aliphatic rings. The summed E-state index contributed by atoms with van der Waals surface area (Å²) < 4.78 is 10.7. The minimum atomic E-state index is 0.341. The molecule has 18 heavy (non-hydrogen) atoms. The molecule has 3 rings (SSSR count). The highest BCUT2D eigenvalue weighted by molar-refractivity contribution is 5.44. The first-order valence-corrected chi connectivity index (χ1v) is 6.60. The average Bonchev–Trinajstić information content (AvgIpc) is 2.97. The Balaban J connectivity index is 1.70. The van der Waals surface area contributed by atoms with Crippen molar-refractivity contribution in [2.75, 3.05) is 19.9 Å². The molecule has 2 atom stereocenters. The largest absolute Gasteiger partial charge is 0.454 e. The van der Waals surface area contributed by atoms with E-state index >= 15 is 0 Å². The molecule has 0 amide bonds. The number of nitrogens with two attached hydrogens (primary N) is 1. The van der Waals surface area contributed by atoms with E-state index in [9.17, 15) is 0 Å². The summed E-state index contributed by atoms with van der Waals surface area (Å²) >= 11 is 0. The Kier molecular flexibility index (Phi) is 3.14. The summed E-state index contributed by atoms with van der Waals surface area (Å²) in [6.45, 7) is 5.51. The minimum absolute atomic E-state index is 0.341. The molecule has 98 valence electrons. The Hall–Kier alpha value is -1.26. The predicted molar refractivity (Wildman–Crippen MR) is 69.6 cm³/mol. The predicted octanol–water partition coefficient (Wildman–Crippen LogP) is 1.58. The molecule has 2 aliphatic heterocycles. The van der Waals surface area contributed by atoms with Crippen LogP contribution in [0, 0.1) is 5.92 Å². The zero-order valence-electron chi connectivity index (χ0n) is 10.8. The summed E-state index contributed by atoms with van der Waals surface area (Å²) in [4.78, 5) is 2.50. The topological polar surface area (TPSA) is 47.7 Å². The van der Waals surface area contributed by atoms with Crippen LogP contribution in [0.25, 0.3) is 0 Å². The molecule has 2 heterocycles. The van der Waals surface area contributed by atoms with Crippen molar-refractivity contribution in [2.45, 2.75) is 25.9 Å². The number of nitrogens with zero attached hydrogens (tertiary/aromatic N) is 1. The van der Waals surface area contributed by atoms with Gasteiger partial charge in [0.15, 0.2) is 11.5 Å². The fraction of sp³-hybridized carbons (Fsp3) is 0.571. The van der Waals surface area contributed by atoms with Crippen LogP contribution >= 0.6 is 0 Å². The number of hydrogen-bond acceptors (Lipinski definition) is 4. The molecule has 1 saturated heterocycles. The van der Waals surface area contributed by atoms with Gasteiger partial charge in [-0.15, -0.1) is 0 Å². The van der Waals surface area contributed by atoms with Gasteiger partial charge in [-0.25, -0.2) is 0 Å². The molecule has 1 aromatic rings. The zero-order chi connectivity index (χ0) is 12.5. The first-order valence-electron chi connectivity index (χ1n) is 6.60. The van der Waals surface area contributed by atoms with Gasteiger partial charge in [-0.05, 0) is 50.0 Å². The van der Waals surface area contributed by atoms with Crippen molar-refractivity contribution < 1.29 is 9.47 Å². The van der Waals surface area contributed by atoms with Crippen LogP contribution in [0.15, 0.2) is 18.2 Å². The van der Waals surface area contributed by atoms with Crippen molar-refractivity contribution in [1.29, 1.82) is 0 Å². The highest BCUT2D eigenvalue weighted by Gasteiger charge is 2.29. The van der Waals surface area contributed by atoms with Crippen LogP contribution in [0.4, 0.5) is 0 Å². The minimum Gasteiger partial charge on any atom is -0.454 e. The molecule has 4 heteroatoms. The lowest BCUT2D eigenvalue weighted by Crippen LogP contribution is -2.32. The Morgan fingerprint density at radius 3 is 2.94 bits per heavy atom. The number of ether oxygens (including phenoxy) is 2. The van der Waals surface area contributed by atoms with Gasteiger partial charge < -0.3 is 15.2 Å². The van der Waals surface area contributed by atoms with Gasteiger partial charge in [0, 0.05) is 12.6 Å². The Labute approximate surface area is 108 Å². The van der Waals surface area contributed by atoms with E-state index in [2.05, 4.69) is 24.0 Å². The second-order valence-corrected chi connectivity index (χ2v) is 5.18. The van der Waals surface area contributed by atoms with Gasteiger partial charge >= 0.3 is 0 Å². The number of fused-ring (bicyclic) bond motifs is 1. The lowest BCUT2D eigenvalue weighted by atomic mass is 10.0. The molecule has 0 saturated carbocycles. The van der Waals surface area contributed by atoms with Crippen LogP contribution in [0.2, 0.25) is 0 Å². The SMILES string of the molecule is CC1C(CN)CCN1Cc1ccc2c(c1)OCO2. The first-order chi connectivity index (χ1) is 8.78. The number of rotatable bonds is 3. The van der Waals surface area contributed by atoms with Gasteiger partial charge in [-0.3, -0.25) is 4.90 Å². The summed E-state index contributed by atoms with van der Waals surface area (Å²) in [5, 5.41) is 0. The standard InChI is InChI=1S/C14H20N2O2/c1-10-12(7-15)4-5-16(10)8-11-2-3-13-14(6-11)18-9-17-13/h2-3,6,10,12H,4-5,7-9,15H2,1H3. The van der Waals surface area contributed by atoms with Crippen LogP contribution in [0.5, 0.6) is 11.5 Å². The van der Waals surface area contributed by atoms with Crippen LogP contribution < -0.4 is 15.2 Å². The van der Waals surface area contributed by atoms with E-state index < -0.39 is 0 Å². The Morgan fingerprint density at radius 2 is 2.17 bits per heavy atom. The van der Waals surface area contributed by atoms with E-state index in [4.69, 9.17) is 15.2 Å². The maximum atomic E-state index is 5.79. The Bertz CT molecular complexity index is 436. The van der Waals surface area contributed by atoms with Gasteiger partial charge in [0.05, 0.1) is 0 Å². The maximum absolute atomic E-state index is 5.79. The van der Waals surface area contributed by atoms with Crippen molar-refractivity contribution in [3.63, 3.8) is 0 Å². The van der Waals surface area contributed by atoms with E-state index in [1.807, 2.05) is 6.07 Å². The van der Waals surface area contributed by atoms with Crippen molar-refractivity contribution >= 4 is 0 Å². The summed E-state index contributed by atoms with van der Waals surface area (Å²) in [5.74, 6) is 2.36. The summed E-state index contributed by atoms with van der Waals surface area (Å²) in [6.07, 6.45) is 1.21. The second-order valence-electron chi connectivity index (χ2n) is 5.18. The molecule has 1 aromatic carbocycles. The van der Waals surface area contributed by atoms with Gasteiger partial charge in [-0.2, -0.15) is 0 Å². The van der Waals surface area contributed by atoms with Crippen LogP contribution in [0.3, 0.4) is 0 Å². The van der Waals surface area contributed by atoms with Crippen molar-refractivity contribution in [2.24, 2.45) is 11.7 Å². The number of hydrogen-bond donors (Lipinski definition) is 1. The molecule has 4 nitrogen and oxygen atoms in total. The Morgan fingerprint density at radius 1 is 1.33 bits per heavy atom. The molecule has 2 N–H and O–H groups in total. The highest BCUT2D eigenvalue weighted by atomic mass is 16.7. The van der Waals surface area contributed by atoms with Gasteiger partial charge in [-0.1, -0.05) is 6.07 Å². The average molecular weight is 248 g/mol. The normalized spacial score (nSPS) is 26.8. The third-order valence-corrected chi connectivity index (χ3v) is 4.17. The molecule has 1 fully saturated rings. The third kappa shape index (κ3) is 2.06. The number of likely N-dealkylation sites (tertiary alicyclic amines) is 1. The highest BCUT2D eigenvalue weighted by Crippen LogP contribution is 2.33. The number of benzene rings is 1. The van der Waals surface area contributed by atoms with Crippen molar-refractivity contribution in [3.05, 3.63) is 23.8 Å². The summed E-state index contributed by atoms with van der Waals surface area (Å²) in [5.41, 5.74) is 7.07. The van der Waals surface area contributed by atoms with Crippen LogP contribution in [0.1, 0.15) is 18.9 Å². The van der Waals surface area contributed by atoms with Gasteiger partial charge in [0.2, 0.25) is 6.79 Å². The van der Waals surface area contributed by atoms with Crippen LogP contribution in [-0.2, 0) is 6.54 Å². The summed E-state index contributed by atoms with van der Waals surface area (Å²) in [7, 11) is 0. The van der Waals surface area contributed by atoms with E-state index in [1.54, 1.807) is 0 Å². The monoisotopic (exact) mass is 248 g/mol. The summed E-state index contributed by atoms with van der Waals surface area (Å²) in [6, 6.07) is 6.78. The molecule has 0 aromatic heterocycles. The lowest BCUT2D eigenvalue weighted by molar-refractivity contribution is 0.174. The van der Waals surface area contributed by atoms with E-state index in [0.717, 1.165) is 31.1 Å². The van der Waals surface area contributed by atoms with Gasteiger partial charge in [0.25, 0.3) is 0 Å². The van der Waals surface area contributed by atoms with E-state index in [0.29, 0.717) is 18.8 Å². The molecule has 0 spiro atoms. The van der Waals surface area contributed by atoms with Crippen molar-refractivity contribution in [1.82, 2.24) is 4.90 Å². The zero-order valence-corrected chi connectivity index (χ0v) is 10.8. The van der Waals surface area contributed by atoms with E-state index in [-0.39, 0.29) is 0 Å². The fourth-order valence-electron chi connectivity index (χ4n) is 2.89.